The van der Waals surface area contributed by atoms with E-state index in [1.54, 1.807) is 13.0 Å². The van der Waals surface area contributed by atoms with Gasteiger partial charge in [0.25, 0.3) is 0 Å². The lowest BCUT2D eigenvalue weighted by Gasteiger charge is -2.33. The van der Waals surface area contributed by atoms with Gasteiger partial charge in [0.15, 0.2) is 0 Å². The summed E-state index contributed by atoms with van der Waals surface area (Å²) in [5.41, 5.74) is 0.216. The lowest BCUT2D eigenvalue weighted by atomic mass is 9.84. The number of hydrogen-bond donors (Lipinski definition) is 1. The number of rotatable bonds is 7. The maximum absolute atomic E-state index is 13.4. The van der Waals surface area contributed by atoms with E-state index in [4.69, 9.17) is 4.74 Å². The molecule has 1 rings (SSSR count). The lowest BCUT2D eigenvalue weighted by Crippen LogP contribution is -2.44. The van der Waals surface area contributed by atoms with E-state index in [2.05, 4.69) is 5.32 Å². The van der Waals surface area contributed by atoms with Gasteiger partial charge in [-0.1, -0.05) is 26.0 Å². The molecule has 0 aromatic heterocycles. The molecule has 19 heavy (non-hydrogen) atoms. The summed E-state index contributed by atoms with van der Waals surface area (Å²) in [7, 11) is 0. The molecule has 0 aliphatic heterocycles. The van der Waals surface area contributed by atoms with Gasteiger partial charge in [-0.3, -0.25) is 4.79 Å². The fraction of sp³-hybridized carbons (Fsp3) is 0.533. The molecule has 3 nitrogen and oxygen atoms in total. The Hall–Kier alpha value is -1.42. The highest BCUT2D eigenvalue weighted by Gasteiger charge is 2.33. The average Bonchev–Trinajstić information content (AvgIpc) is 2.38. The van der Waals surface area contributed by atoms with E-state index in [0.717, 1.165) is 5.56 Å². The van der Waals surface area contributed by atoms with Gasteiger partial charge in [0.1, 0.15) is 5.82 Å². The van der Waals surface area contributed by atoms with Crippen molar-refractivity contribution >= 4 is 5.97 Å². The fourth-order valence-corrected chi connectivity index (χ4v) is 2.30. The minimum atomic E-state index is -0.566. The first-order valence-corrected chi connectivity index (χ1v) is 6.74. The van der Waals surface area contributed by atoms with Gasteiger partial charge in [-0.25, -0.2) is 4.39 Å². The van der Waals surface area contributed by atoms with Crippen molar-refractivity contribution in [3.63, 3.8) is 0 Å². The van der Waals surface area contributed by atoms with Gasteiger partial charge in [0, 0.05) is 0 Å². The lowest BCUT2D eigenvalue weighted by molar-refractivity contribution is -0.145. The topological polar surface area (TPSA) is 38.3 Å². The van der Waals surface area contributed by atoms with Crippen LogP contribution in [-0.4, -0.2) is 19.1 Å². The molecule has 0 bridgehead atoms. The summed E-state index contributed by atoms with van der Waals surface area (Å²) < 4.78 is 18.4. The molecule has 1 aromatic rings. The second kappa shape index (κ2) is 7.24. The molecule has 0 radical (unpaired) electrons. The normalized spacial score (nSPS) is 13.9. The van der Waals surface area contributed by atoms with Crippen LogP contribution in [0, 0.1) is 5.82 Å². The molecule has 0 fully saturated rings. The van der Waals surface area contributed by atoms with Crippen LogP contribution < -0.4 is 5.32 Å². The molecule has 0 spiro atoms. The molecule has 0 aliphatic rings. The van der Waals surface area contributed by atoms with Crippen LogP contribution in [0.4, 0.5) is 4.39 Å². The third-order valence-electron chi connectivity index (χ3n) is 3.25. The van der Waals surface area contributed by atoms with E-state index in [-0.39, 0.29) is 18.2 Å². The third kappa shape index (κ3) is 4.03. The molecular weight excluding hydrogens is 245 g/mol. The van der Waals surface area contributed by atoms with Gasteiger partial charge >= 0.3 is 5.97 Å². The fourth-order valence-electron chi connectivity index (χ4n) is 2.30. The van der Waals surface area contributed by atoms with E-state index in [0.29, 0.717) is 19.6 Å². The Morgan fingerprint density at radius 2 is 2.11 bits per heavy atom. The SMILES string of the molecule is CCNC(CC)(CC(=O)OCC)c1cccc(F)c1. The van der Waals surface area contributed by atoms with Crippen LogP contribution >= 0.6 is 0 Å². The highest BCUT2D eigenvalue weighted by Crippen LogP contribution is 2.29. The quantitative estimate of drug-likeness (QED) is 0.772. The summed E-state index contributed by atoms with van der Waals surface area (Å²) in [6.07, 6.45) is 0.887. The van der Waals surface area contributed by atoms with E-state index in [1.807, 2.05) is 19.9 Å². The van der Waals surface area contributed by atoms with Crippen LogP contribution in [0.15, 0.2) is 24.3 Å². The smallest absolute Gasteiger partial charge is 0.308 e. The number of halogens is 1. The molecule has 0 aliphatic carbocycles. The summed E-state index contributed by atoms with van der Waals surface area (Å²) in [6, 6.07) is 6.39. The summed E-state index contributed by atoms with van der Waals surface area (Å²) in [5.74, 6) is -0.563. The molecule has 1 atom stereocenters. The minimum absolute atomic E-state index is 0.203. The zero-order valence-corrected chi connectivity index (χ0v) is 11.8. The standard InChI is InChI=1S/C15H22FNO2/c1-4-15(17-5-2,11-14(18)19-6-3)12-8-7-9-13(16)10-12/h7-10,17H,4-6,11H2,1-3H3. The Kier molecular flexibility index (Phi) is 5.96. The number of ether oxygens (including phenoxy) is 1. The zero-order chi connectivity index (χ0) is 14.3. The number of carbonyl (C=O) groups excluding carboxylic acids is 1. The molecule has 0 saturated heterocycles. The van der Waals surface area contributed by atoms with Crippen molar-refractivity contribution in [2.75, 3.05) is 13.2 Å². The van der Waals surface area contributed by atoms with Crippen molar-refractivity contribution < 1.29 is 13.9 Å². The maximum Gasteiger partial charge on any atom is 0.308 e. The molecule has 1 aromatic carbocycles. The minimum Gasteiger partial charge on any atom is -0.466 e. The Labute approximate surface area is 114 Å². The number of benzene rings is 1. The van der Waals surface area contributed by atoms with Gasteiger partial charge in [0.2, 0.25) is 0 Å². The van der Waals surface area contributed by atoms with E-state index < -0.39 is 5.54 Å². The van der Waals surface area contributed by atoms with Crippen molar-refractivity contribution in [2.24, 2.45) is 0 Å². The van der Waals surface area contributed by atoms with Gasteiger partial charge in [-0.05, 0) is 37.6 Å². The van der Waals surface area contributed by atoms with E-state index >= 15 is 0 Å². The second-order valence-corrected chi connectivity index (χ2v) is 4.46. The van der Waals surface area contributed by atoms with Crippen LogP contribution in [0.1, 0.15) is 39.2 Å². The van der Waals surface area contributed by atoms with Crippen LogP contribution in [0.3, 0.4) is 0 Å². The highest BCUT2D eigenvalue weighted by molar-refractivity contribution is 5.71. The third-order valence-corrected chi connectivity index (χ3v) is 3.25. The number of nitrogens with one attached hydrogen (secondary N) is 1. The average molecular weight is 267 g/mol. The first-order valence-electron chi connectivity index (χ1n) is 6.74. The van der Waals surface area contributed by atoms with Crippen molar-refractivity contribution in [1.29, 1.82) is 0 Å². The van der Waals surface area contributed by atoms with Crippen LogP contribution in [0.2, 0.25) is 0 Å². The largest absolute Gasteiger partial charge is 0.466 e. The van der Waals surface area contributed by atoms with Crippen molar-refractivity contribution in [3.05, 3.63) is 35.6 Å². The van der Waals surface area contributed by atoms with E-state index in [1.165, 1.54) is 12.1 Å². The molecular formula is C15H22FNO2. The predicted molar refractivity (Wildman–Crippen MR) is 73.3 cm³/mol. The number of hydrogen-bond acceptors (Lipinski definition) is 3. The molecule has 0 heterocycles. The summed E-state index contributed by atoms with van der Waals surface area (Å²) in [6.45, 7) is 6.78. The molecule has 1 N–H and O–H groups in total. The highest BCUT2D eigenvalue weighted by atomic mass is 19.1. The van der Waals surface area contributed by atoms with Crippen LogP contribution in [-0.2, 0) is 15.1 Å². The van der Waals surface area contributed by atoms with Crippen molar-refractivity contribution in [1.82, 2.24) is 5.32 Å². The molecule has 106 valence electrons. The molecule has 0 amide bonds. The van der Waals surface area contributed by atoms with Crippen LogP contribution in [0.5, 0.6) is 0 Å². The van der Waals surface area contributed by atoms with Gasteiger partial charge < -0.3 is 10.1 Å². The van der Waals surface area contributed by atoms with E-state index in [9.17, 15) is 9.18 Å². The number of carbonyl (C=O) groups is 1. The summed E-state index contributed by atoms with van der Waals surface area (Å²) in [4.78, 5) is 11.8. The number of esters is 1. The zero-order valence-electron chi connectivity index (χ0n) is 11.8. The summed E-state index contributed by atoms with van der Waals surface area (Å²) >= 11 is 0. The first kappa shape index (κ1) is 15.6. The second-order valence-electron chi connectivity index (χ2n) is 4.46. The van der Waals surface area contributed by atoms with Gasteiger partial charge in [-0.15, -0.1) is 0 Å². The Morgan fingerprint density at radius 1 is 1.37 bits per heavy atom. The Balaban J connectivity index is 3.07. The predicted octanol–water partition coefficient (Wildman–Crippen LogP) is 2.99. The maximum atomic E-state index is 13.4. The first-order chi connectivity index (χ1) is 9.07. The Bertz CT molecular complexity index is 422. The molecule has 0 saturated carbocycles. The summed E-state index contributed by atoms with van der Waals surface area (Å²) in [5, 5.41) is 3.31. The van der Waals surface area contributed by atoms with Crippen LogP contribution in [0.25, 0.3) is 0 Å². The van der Waals surface area contributed by atoms with Crippen molar-refractivity contribution in [3.8, 4) is 0 Å². The molecule has 4 heteroatoms. The van der Waals surface area contributed by atoms with Gasteiger partial charge in [-0.2, -0.15) is 0 Å². The molecule has 1 unspecified atom stereocenters. The Morgan fingerprint density at radius 3 is 2.63 bits per heavy atom. The van der Waals surface area contributed by atoms with Crippen molar-refractivity contribution in [2.45, 2.75) is 39.2 Å². The van der Waals surface area contributed by atoms with Gasteiger partial charge in [0.05, 0.1) is 18.6 Å². The monoisotopic (exact) mass is 267 g/mol.